The van der Waals surface area contributed by atoms with Gasteiger partial charge in [0.1, 0.15) is 24.0 Å². The van der Waals surface area contributed by atoms with E-state index in [-0.39, 0.29) is 17.5 Å². The van der Waals surface area contributed by atoms with Crippen LogP contribution >= 0.6 is 0 Å². The molecule has 2 atom stereocenters. The van der Waals surface area contributed by atoms with Gasteiger partial charge in [-0.05, 0) is 83.2 Å². The molecule has 4 rings (SSSR count). The lowest BCUT2D eigenvalue weighted by Crippen LogP contribution is -2.40. The Balaban J connectivity index is 1.62. The zero-order valence-corrected chi connectivity index (χ0v) is 28.7. The predicted molar refractivity (Wildman–Crippen MR) is 184 cm³/mol. The number of sulfonamides is 1. The van der Waals surface area contributed by atoms with Crippen molar-refractivity contribution in [1.29, 1.82) is 0 Å². The fourth-order valence-corrected chi connectivity index (χ4v) is 8.88. The minimum absolute atomic E-state index is 0.112. The minimum atomic E-state index is -3.69. The molecule has 1 unspecified atom stereocenters. The molecular weight excluding hydrogens is 623 g/mol. The average Bonchev–Trinajstić information content (AvgIpc) is 3.06. The van der Waals surface area contributed by atoms with Gasteiger partial charge in [-0.3, -0.25) is 4.72 Å². The van der Waals surface area contributed by atoms with Gasteiger partial charge in [-0.1, -0.05) is 81.4 Å². The second kappa shape index (κ2) is 16.3. The molecule has 0 aliphatic heterocycles. The van der Waals surface area contributed by atoms with Crippen molar-refractivity contribution in [1.82, 2.24) is 5.32 Å². The molecule has 6 nitrogen and oxygen atoms in total. The van der Waals surface area contributed by atoms with E-state index in [2.05, 4.69) is 30.8 Å². The third-order valence-electron chi connectivity index (χ3n) is 8.42. The smallest absolute Gasteiger partial charge is 0.229 e. The van der Waals surface area contributed by atoms with Gasteiger partial charge in [0.2, 0.25) is 10.0 Å². The molecule has 0 aromatic heterocycles. The number of hydrogen-bond donors (Lipinski definition) is 2. The highest BCUT2D eigenvalue weighted by Crippen LogP contribution is 2.32. The standard InChI is InChI=1S/C36H44F2N2O4SSi/c1-5-46(6-2,7-3)44-36(30-17-22-33(38)35(24-30)40-45(4,41)42)25-39-34(23-27-13-18-31(37)19-14-27)29-15-20-32(21-16-29)43-26-28-11-9-8-10-12-28/h8-22,24,34,36,39-40H,5-7,23,25-26H2,1-4H3/t34?,36-/m0/s1. The lowest BCUT2D eigenvalue weighted by atomic mass is 9.98. The molecule has 0 bridgehead atoms. The summed E-state index contributed by atoms with van der Waals surface area (Å²) in [4.78, 5) is 0. The maximum Gasteiger partial charge on any atom is 0.229 e. The second-order valence-corrected chi connectivity index (χ2v) is 18.1. The first-order valence-corrected chi connectivity index (χ1v) is 20.1. The zero-order valence-electron chi connectivity index (χ0n) is 26.9. The van der Waals surface area contributed by atoms with Crippen molar-refractivity contribution in [3.63, 3.8) is 0 Å². The highest BCUT2D eigenvalue weighted by atomic mass is 32.2. The SMILES string of the molecule is CC[Si](CC)(CC)O[C@@H](CNC(Cc1ccc(F)cc1)c1ccc(OCc2ccccc2)cc1)c1ccc(F)c(NS(C)(=O)=O)c1. The highest BCUT2D eigenvalue weighted by Gasteiger charge is 2.33. The molecule has 0 fully saturated rings. The maximum atomic E-state index is 14.7. The molecule has 246 valence electrons. The summed E-state index contributed by atoms with van der Waals surface area (Å²) in [7, 11) is -5.84. The number of halogens is 2. The summed E-state index contributed by atoms with van der Waals surface area (Å²) in [6.07, 6.45) is 1.12. The Morgan fingerprint density at radius 1 is 0.783 bits per heavy atom. The minimum Gasteiger partial charge on any atom is -0.489 e. The molecule has 0 aliphatic rings. The summed E-state index contributed by atoms with van der Waals surface area (Å²) in [5, 5.41) is 3.68. The van der Waals surface area contributed by atoms with Gasteiger partial charge in [0.15, 0.2) is 8.32 Å². The molecular formula is C36H44F2N2O4SSi. The molecule has 0 saturated carbocycles. The van der Waals surface area contributed by atoms with E-state index in [9.17, 15) is 17.2 Å². The number of rotatable bonds is 17. The van der Waals surface area contributed by atoms with E-state index in [4.69, 9.17) is 9.16 Å². The van der Waals surface area contributed by atoms with Gasteiger partial charge >= 0.3 is 0 Å². The molecule has 0 radical (unpaired) electrons. The normalized spacial score (nSPS) is 13.3. The van der Waals surface area contributed by atoms with Gasteiger partial charge < -0.3 is 14.5 Å². The van der Waals surface area contributed by atoms with Crippen molar-refractivity contribution in [3.05, 3.63) is 131 Å². The number of ether oxygens (including phenoxy) is 1. The molecule has 0 saturated heterocycles. The van der Waals surface area contributed by atoms with Crippen LogP contribution in [0.3, 0.4) is 0 Å². The summed E-state index contributed by atoms with van der Waals surface area (Å²) in [5.41, 5.74) is 3.62. The first-order valence-electron chi connectivity index (χ1n) is 15.7. The Morgan fingerprint density at radius 3 is 2.02 bits per heavy atom. The molecule has 0 spiro atoms. The first kappa shape index (κ1) is 35.3. The fourth-order valence-electron chi connectivity index (χ4n) is 5.50. The van der Waals surface area contributed by atoms with Gasteiger partial charge in [-0.15, -0.1) is 0 Å². The Hall–Kier alpha value is -3.57. The number of nitrogens with one attached hydrogen (secondary N) is 2. The summed E-state index contributed by atoms with van der Waals surface area (Å²) in [6.45, 7) is 7.27. The van der Waals surface area contributed by atoms with Crippen LogP contribution in [0.2, 0.25) is 18.1 Å². The Morgan fingerprint density at radius 2 is 1.41 bits per heavy atom. The van der Waals surface area contributed by atoms with Crippen molar-refractivity contribution < 1.29 is 26.4 Å². The van der Waals surface area contributed by atoms with E-state index >= 15 is 0 Å². The molecule has 0 heterocycles. The van der Waals surface area contributed by atoms with Crippen LogP contribution in [0.5, 0.6) is 5.75 Å². The number of anilines is 1. The van der Waals surface area contributed by atoms with E-state index in [0.29, 0.717) is 25.1 Å². The number of benzene rings is 4. The Kier molecular flexibility index (Phi) is 12.5. The van der Waals surface area contributed by atoms with Crippen molar-refractivity contribution in [2.24, 2.45) is 0 Å². The zero-order chi connectivity index (χ0) is 33.2. The van der Waals surface area contributed by atoms with Gasteiger partial charge in [0, 0.05) is 12.6 Å². The number of hydrogen-bond acceptors (Lipinski definition) is 5. The topological polar surface area (TPSA) is 76.7 Å². The Bertz CT molecular complexity index is 1630. The first-order chi connectivity index (χ1) is 22.0. The third kappa shape index (κ3) is 10.2. The van der Waals surface area contributed by atoms with Crippen molar-refractivity contribution in [2.75, 3.05) is 17.5 Å². The quantitative estimate of drug-likeness (QED) is 0.111. The summed E-state index contributed by atoms with van der Waals surface area (Å²) in [6, 6.07) is 31.4. The average molecular weight is 667 g/mol. The predicted octanol–water partition coefficient (Wildman–Crippen LogP) is 8.55. The van der Waals surface area contributed by atoms with Crippen LogP contribution in [-0.2, 0) is 27.5 Å². The van der Waals surface area contributed by atoms with Gasteiger partial charge in [0.25, 0.3) is 0 Å². The van der Waals surface area contributed by atoms with Crippen molar-refractivity contribution in [2.45, 2.75) is 64.1 Å². The fraction of sp³-hybridized carbons (Fsp3) is 0.333. The molecule has 46 heavy (non-hydrogen) atoms. The highest BCUT2D eigenvalue weighted by molar-refractivity contribution is 7.92. The monoisotopic (exact) mass is 666 g/mol. The van der Waals surface area contributed by atoms with Crippen LogP contribution < -0.4 is 14.8 Å². The lowest BCUT2D eigenvalue weighted by molar-refractivity contribution is 0.181. The van der Waals surface area contributed by atoms with E-state index < -0.39 is 30.3 Å². The van der Waals surface area contributed by atoms with Gasteiger partial charge in [-0.2, -0.15) is 0 Å². The third-order valence-corrected chi connectivity index (χ3v) is 13.7. The van der Waals surface area contributed by atoms with Crippen molar-refractivity contribution >= 4 is 24.0 Å². The lowest BCUT2D eigenvalue weighted by Gasteiger charge is -2.35. The summed E-state index contributed by atoms with van der Waals surface area (Å²) >= 11 is 0. The molecule has 2 N–H and O–H groups in total. The Labute approximate surface area is 273 Å². The van der Waals surface area contributed by atoms with Gasteiger partial charge in [-0.25, -0.2) is 17.2 Å². The largest absolute Gasteiger partial charge is 0.489 e. The summed E-state index contributed by atoms with van der Waals surface area (Å²) < 4.78 is 67.6. The van der Waals surface area contributed by atoms with E-state index in [1.807, 2.05) is 54.6 Å². The van der Waals surface area contributed by atoms with E-state index in [1.165, 1.54) is 24.3 Å². The molecule has 4 aromatic rings. The van der Waals surface area contributed by atoms with Crippen molar-refractivity contribution in [3.8, 4) is 5.75 Å². The molecule has 10 heteroatoms. The van der Waals surface area contributed by atoms with Crippen LogP contribution in [0, 0.1) is 11.6 Å². The molecule has 0 aliphatic carbocycles. The maximum absolute atomic E-state index is 14.7. The van der Waals surface area contributed by atoms with E-state index in [1.54, 1.807) is 18.2 Å². The van der Waals surface area contributed by atoms with Crippen LogP contribution in [0.4, 0.5) is 14.5 Å². The van der Waals surface area contributed by atoms with Crippen LogP contribution in [0.15, 0.2) is 97.1 Å². The summed E-state index contributed by atoms with van der Waals surface area (Å²) in [5.74, 6) is -0.206. The molecule has 4 aromatic carbocycles. The van der Waals surface area contributed by atoms with Gasteiger partial charge in [0.05, 0.1) is 18.0 Å². The molecule has 0 amide bonds. The van der Waals surface area contributed by atoms with Crippen LogP contribution in [0.1, 0.15) is 55.2 Å². The second-order valence-electron chi connectivity index (χ2n) is 11.6. The van der Waals surface area contributed by atoms with E-state index in [0.717, 1.165) is 46.8 Å². The van der Waals surface area contributed by atoms with Crippen LogP contribution in [-0.4, -0.2) is 29.5 Å². The van der Waals surface area contributed by atoms with Crippen LogP contribution in [0.25, 0.3) is 0 Å².